The topological polar surface area (TPSA) is 38.3 Å². The molecule has 1 spiro atoms. The zero-order valence-corrected chi connectivity index (χ0v) is 12.9. The Morgan fingerprint density at radius 3 is 2.77 bits per heavy atom. The van der Waals surface area contributed by atoms with E-state index in [1.54, 1.807) is 6.08 Å². The summed E-state index contributed by atoms with van der Waals surface area (Å²) in [6.07, 6.45) is 6.45. The van der Waals surface area contributed by atoms with Gasteiger partial charge in [-0.1, -0.05) is 43.5 Å². The van der Waals surface area contributed by atoms with Crippen LogP contribution in [0.2, 0.25) is 0 Å². The lowest BCUT2D eigenvalue weighted by Gasteiger charge is -2.38. The van der Waals surface area contributed by atoms with Gasteiger partial charge in [-0.3, -0.25) is 0 Å². The van der Waals surface area contributed by atoms with Crippen molar-refractivity contribution in [2.45, 2.75) is 38.1 Å². The van der Waals surface area contributed by atoms with Crippen LogP contribution in [0.3, 0.4) is 0 Å². The summed E-state index contributed by atoms with van der Waals surface area (Å²) in [5, 5.41) is 2.96. The molecule has 0 aromatic heterocycles. The molecule has 22 heavy (non-hydrogen) atoms. The van der Waals surface area contributed by atoms with Crippen LogP contribution in [0.4, 0.5) is 4.79 Å². The first-order valence-electron chi connectivity index (χ1n) is 7.96. The maximum absolute atomic E-state index is 11.6. The van der Waals surface area contributed by atoms with E-state index in [4.69, 9.17) is 4.74 Å². The van der Waals surface area contributed by atoms with E-state index in [2.05, 4.69) is 42.7 Å². The van der Waals surface area contributed by atoms with Crippen molar-refractivity contribution in [3.05, 3.63) is 54.6 Å². The zero-order valence-electron chi connectivity index (χ0n) is 12.9. The monoisotopic (exact) mass is 297 g/mol. The number of hydrogen-bond acceptors (Lipinski definition) is 2. The number of alkyl carbamates (subject to hydrolysis) is 1. The van der Waals surface area contributed by atoms with E-state index in [-0.39, 0.29) is 24.2 Å². The number of benzene rings is 1. The Bertz CT molecular complexity index is 597. The van der Waals surface area contributed by atoms with Gasteiger partial charge < -0.3 is 10.1 Å². The number of amides is 1. The summed E-state index contributed by atoms with van der Waals surface area (Å²) in [5.74, 6) is 0. The second-order valence-electron chi connectivity index (χ2n) is 6.40. The molecule has 1 aromatic carbocycles. The number of fused-ring (bicyclic) bond motifs is 1. The average Bonchev–Trinajstić information content (AvgIpc) is 2.81. The molecule has 0 radical (unpaired) electrons. The molecule has 2 aliphatic carbocycles. The smallest absolute Gasteiger partial charge is 0.407 e. The van der Waals surface area contributed by atoms with Gasteiger partial charge in [0.05, 0.1) is 0 Å². The number of carbonyl (C=O) groups is 1. The molecule has 0 atom stereocenters. The highest BCUT2D eigenvalue weighted by molar-refractivity contribution is 5.76. The molecule has 3 nitrogen and oxygen atoms in total. The third kappa shape index (κ3) is 2.68. The van der Waals surface area contributed by atoms with Crippen molar-refractivity contribution in [1.29, 1.82) is 0 Å². The van der Waals surface area contributed by atoms with Gasteiger partial charge in [-0.15, -0.1) is 0 Å². The van der Waals surface area contributed by atoms with E-state index in [1.807, 2.05) is 0 Å². The van der Waals surface area contributed by atoms with Gasteiger partial charge in [-0.2, -0.15) is 0 Å². The second kappa shape index (κ2) is 5.99. The fraction of sp³-hybridized carbons (Fsp3) is 0.421. The lowest BCUT2D eigenvalue weighted by molar-refractivity contribution is 0.145. The Morgan fingerprint density at radius 2 is 2.09 bits per heavy atom. The summed E-state index contributed by atoms with van der Waals surface area (Å²) >= 11 is 0. The van der Waals surface area contributed by atoms with Crippen molar-refractivity contribution < 1.29 is 9.53 Å². The van der Waals surface area contributed by atoms with Gasteiger partial charge in [-0.25, -0.2) is 4.79 Å². The minimum atomic E-state index is -0.339. The van der Waals surface area contributed by atoms with Crippen LogP contribution < -0.4 is 5.32 Å². The van der Waals surface area contributed by atoms with Gasteiger partial charge in [0.1, 0.15) is 6.61 Å². The summed E-state index contributed by atoms with van der Waals surface area (Å²) in [5.41, 5.74) is 4.24. The second-order valence-corrected chi connectivity index (χ2v) is 6.40. The lowest BCUT2D eigenvalue weighted by atomic mass is 9.68. The van der Waals surface area contributed by atoms with E-state index in [1.165, 1.54) is 16.7 Å². The van der Waals surface area contributed by atoms with Crippen molar-refractivity contribution in [1.82, 2.24) is 5.32 Å². The van der Waals surface area contributed by atoms with Crippen LogP contribution in [0.1, 0.15) is 36.8 Å². The zero-order chi connectivity index (χ0) is 15.6. The SMILES string of the molecule is C=CCOC(=O)NC1CCC2(CC1)Cc1ccccc1C2=C. The Morgan fingerprint density at radius 1 is 1.36 bits per heavy atom. The van der Waals surface area contributed by atoms with Gasteiger partial charge >= 0.3 is 6.09 Å². The maximum Gasteiger partial charge on any atom is 0.407 e. The van der Waals surface area contributed by atoms with Crippen molar-refractivity contribution >= 4 is 11.7 Å². The highest BCUT2D eigenvalue weighted by atomic mass is 16.5. The van der Waals surface area contributed by atoms with Crippen LogP contribution in [-0.2, 0) is 11.2 Å². The summed E-state index contributed by atoms with van der Waals surface area (Å²) in [4.78, 5) is 11.6. The molecule has 0 unspecified atom stereocenters. The molecule has 0 aliphatic heterocycles. The van der Waals surface area contributed by atoms with Crippen molar-refractivity contribution in [3.63, 3.8) is 0 Å². The summed E-state index contributed by atoms with van der Waals surface area (Å²) in [6, 6.07) is 8.80. The van der Waals surface area contributed by atoms with Crippen LogP contribution >= 0.6 is 0 Å². The molecule has 3 heteroatoms. The molecular weight excluding hydrogens is 274 g/mol. The van der Waals surface area contributed by atoms with E-state index in [9.17, 15) is 4.79 Å². The molecule has 1 N–H and O–H groups in total. The van der Waals surface area contributed by atoms with E-state index < -0.39 is 0 Å². The number of allylic oxidation sites excluding steroid dienone is 1. The van der Waals surface area contributed by atoms with Gasteiger partial charge in [0.15, 0.2) is 0 Å². The third-order valence-electron chi connectivity index (χ3n) is 5.11. The first-order valence-corrected chi connectivity index (χ1v) is 7.96. The lowest BCUT2D eigenvalue weighted by Crippen LogP contribution is -2.41. The van der Waals surface area contributed by atoms with Crippen LogP contribution in [0.15, 0.2) is 43.5 Å². The van der Waals surface area contributed by atoms with E-state index in [0.29, 0.717) is 0 Å². The molecule has 0 saturated heterocycles. The van der Waals surface area contributed by atoms with Gasteiger partial charge in [0, 0.05) is 6.04 Å². The van der Waals surface area contributed by atoms with Gasteiger partial charge in [-0.05, 0) is 54.2 Å². The molecule has 0 bridgehead atoms. The third-order valence-corrected chi connectivity index (χ3v) is 5.11. The molecule has 1 amide bonds. The molecule has 1 saturated carbocycles. The number of ether oxygens (including phenoxy) is 1. The Labute approximate surface area is 132 Å². The normalized spacial score (nSPS) is 26.5. The maximum atomic E-state index is 11.6. The van der Waals surface area contributed by atoms with Gasteiger partial charge in [0.2, 0.25) is 0 Å². The minimum Gasteiger partial charge on any atom is -0.445 e. The number of rotatable bonds is 3. The summed E-state index contributed by atoms with van der Waals surface area (Å²) in [6.45, 7) is 8.18. The van der Waals surface area contributed by atoms with Crippen molar-refractivity contribution in [2.75, 3.05) is 6.61 Å². The predicted octanol–water partition coefficient (Wildman–Crippen LogP) is 4.10. The fourth-order valence-electron chi connectivity index (χ4n) is 3.86. The highest BCUT2D eigenvalue weighted by Gasteiger charge is 2.43. The minimum absolute atomic E-state index is 0.201. The molecule has 1 fully saturated rings. The van der Waals surface area contributed by atoms with Crippen molar-refractivity contribution in [3.8, 4) is 0 Å². The molecule has 2 aliphatic rings. The quantitative estimate of drug-likeness (QED) is 0.853. The Hall–Kier alpha value is -2.03. The molecule has 0 heterocycles. The largest absolute Gasteiger partial charge is 0.445 e. The number of carbonyl (C=O) groups excluding carboxylic acids is 1. The fourth-order valence-corrected chi connectivity index (χ4v) is 3.86. The molecule has 1 aromatic rings. The molecular formula is C19H23NO2. The Kier molecular flexibility index (Phi) is 4.06. The standard InChI is InChI=1S/C19H23NO2/c1-3-12-22-18(21)20-16-8-10-19(11-9-16)13-15-6-4-5-7-17(15)14(19)2/h3-7,16H,1-2,8-13H2,(H,20,21). The van der Waals surface area contributed by atoms with Crippen LogP contribution in [0, 0.1) is 5.41 Å². The first kappa shape index (κ1) is 14.9. The predicted molar refractivity (Wildman–Crippen MR) is 88.5 cm³/mol. The average molecular weight is 297 g/mol. The summed E-state index contributed by atoms with van der Waals surface area (Å²) < 4.78 is 5.00. The van der Waals surface area contributed by atoms with Crippen LogP contribution in [0.25, 0.3) is 5.57 Å². The van der Waals surface area contributed by atoms with E-state index in [0.717, 1.165) is 32.1 Å². The van der Waals surface area contributed by atoms with E-state index >= 15 is 0 Å². The molecule has 116 valence electrons. The highest BCUT2D eigenvalue weighted by Crippen LogP contribution is 2.53. The van der Waals surface area contributed by atoms with Crippen LogP contribution in [-0.4, -0.2) is 18.7 Å². The molecule has 3 rings (SSSR count). The van der Waals surface area contributed by atoms with Gasteiger partial charge in [0.25, 0.3) is 0 Å². The summed E-state index contributed by atoms with van der Waals surface area (Å²) in [7, 11) is 0. The van der Waals surface area contributed by atoms with Crippen LogP contribution in [0.5, 0.6) is 0 Å². The number of nitrogens with one attached hydrogen (secondary N) is 1. The first-order chi connectivity index (χ1) is 10.6. The van der Waals surface area contributed by atoms with Crippen molar-refractivity contribution in [2.24, 2.45) is 5.41 Å². The number of hydrogen-bond donors (Lipinski definition) is 1. The Balaban J connectivity index is 1.60.